The average molecular weight is 584 g/mol. The summed E-state index contributed by atoms with van der Waals surface area (Å²) < 4.78 is 72.8. The molecule has 0 saturated heterocycles. The monoisotopic (exact) mass is 583 g/mol. The second-order valence-electron chi connectivity index (χ2n) is 8.18. The highest BCUT2D eigenvalue weighted by Gasteiger charge is 2.34. The molecule has 0 spiro atoms. The molecule has 0 aromatic heterocycles. The molecule has 0 atom stereocenters. The van der Waals surface area contributed by atoms with Gasteiger partial charge in [0, 0.05) is 20.3 Å². The summed E-state index contributed by atoms with van der Waals surface area (Å²) in [6.45, 7) is -0.184. The summed E-state index contributed by atoms with van der Waals surface area (Å²) in [5.74, 6) is -1.40. The number of carbonyl (C=O) groups excluding carboxylic acids is 2. The number of para-hydroxylation sites is 1. The normalized spacial score (nSPS) is 11.6. The molecule has 3 rings (SSSR count). The second kappa shape index (κ2) is 13.0. The number of nitrogens with zero attached hydrogens (tertiary/aromatic N) is 1. The molecule has 0 radical (unpaired) electrons. The van der Waals surface area contributed by atoms with Gasteiger partial charge in [-0.1, -0.05) is 41.9 Å². The van der Waals surface area contributed by atoms with Crippen LogP contribution in [0.1, 0.15) is 22.3 Å². The first-order valence-corrected chi connectivity index (χ1v) is 13.4. The highest BCUT2D eigenvalue weighted by Crippen LogP contribution is 2.37. The van der Waals surface area contributed by atoms with Gasteiger partial charge in [0.05, 0.1) is 32.4 Å². The van der Waals surface area contributed by atoms with Crippen LogP contribution in [0.25, 0.3) is 0 Å². The number of carbonyl (C=O) groups is 2. The standard InChI is InChI=1S/C26H25ClF3N3O5S/c1-38-15-7-14-31-25(35)20-10-5-6-11-22(20)32-24(34)17-33(39(36,37)19-8-3-2-4-9-19)23-16-18(26(28,29)30)12-13-21(23)27/h2-6,8-13,16H,7,14-15,17H2,1H3,(H,31,35)(H,32,34). The predicted octanol–water partition coefficient (Wildman–Crippen LogP) is 4.96. The third-order valence-electron chi connectivity index (χ3n) is 5.42. The number of rotatable bonds is 11. The number of alkyl halides is 3. The van der Waals surface area contributed by atoms with Crippen molar-refractivity contribution >= 4 is 44.8 Å². The molecule has 8 nitrogen and oxygen atoms in total. The minimum absolute atomic E-state index is 0.0824. The number of halogens is 4. The number of amides is 2. The molecule has 3 aromatic rings. The van der Waals surface area contributed by atoms with E-state index in [-0.39, 0.29) is 21.2 Å². The zero-order valence-corrected chi connectivity index (χ0v) is 22.2. The Balaban J connectivity index is 1.95. The van der Waals surface area contributed by atoms with E-state index >= 15 is 0 Å². The fourth-order valence-electron chi connectivity index (χ4n) is 3.52. The van der Waals surface area contributed by atoms with Crippen LogP contribution in [0.3, 0.4) is 0 Å². The van der Waals surface area contributed by atoms with Gasteiger partial charge >= 0.3 is 6.18 Å². The molecule has 2 N–H and O–H groups in total. The van der Waals surface area contributed by atoms with Crippen LogP contribution in [-0.2, 0) is 25.7 Å². The summed E-state index contributed by atoms with van der Waals surface area (Å²) >= 11 is 6.15. The van der Waals surface area contributed by atoms with Crippen LogP contribution in [0.4, 0.5) is 24.5 Å². The van der Waals surface area contributed by atoms with E-state index in [2.05, 4.69) is 10.6 Å². The molecule has 0 heterocycles. The summed E-state index contributed by atoms with van der Waals surface area (Å²) in [4.78, 5) is 25.5. The maximum Gasteiger partial charge on any atom is 0.416 e. The fraction of sp³-hybridized carbons (Fsp3) is 0.231. The Morgan fingerprint density at radius 2 is 1.67 bits per heavy atom. The van der Waals surface area contributed by atoms with Crippen LogP contribution >= 0.6 is 11.6 Å². The first-order valence-electron chi connectivity index (χ1n) is 11.6. The summed E-state index contributed by atoms with van der Waals surface area (Å²) in [6.07, 6.45) is -4.24. The number of hydrogen-bond donors (Lipinski definition) is 2. The second-order valence-corrected chi connectivity index (χ2v) is 10.5. The van der Waals surface area contributed by atoms with E-state index in [1.165, 1.54) is 43.5 Å². The van der Waals surface area contributed by atoms with E-state index in [0.29, 0.717) is 36.0 Å². The van der Waals surface area contributed by atoms with Crippen molar-refractivity contribution < 1.29 is 35.9 Å². The van der Waals surface area contributed by atoms with Crippen molar-refractivity contribution in [2.24, 2.45) is 0 Å². The maximum atomic E-state index is 13.5. The zero-order chi connectivity index (χ0) is 28.6. The summed E-state index contributed by atoms with van der Waals surface area (Å²) in [7, 11) is -3.01. The van der Waals surface area contributed by atoms with Crippen LogP contribution in [0, 0.1) is 0 Å². The third-order valence-corrected chi connectivity index (χ3v) is 7.51. The molecule has 0 unspecified atom stereocenters. The van der Waals surface area contributed by atoms with Gasteiger partial charge in [0.1, 0.15) is 6.54 Å². The number of hydrogen-bond acceptors (Lipinski definition) is 5. The van der Waals surface area contributed by atoms with Gasteiger partial charge in [0.2, 0.25) is 5.91 Å². The van der Waals surface area contributed by atoms with Gasteiger partial charge < -0.3 is 15.4 Å². The highest BCUT2D eigenvalue weighted by atomic mass is 35.5. The van der Waals surface area contributed by atoms with E-state index in [1.807, 2.05) is 0 Å². The molecule has 0 aliphatic carbocycles. The number of nitrogens with one attached hydrogen (secondary N) is 2. The molecular formula is C26H25ClF3N3O5S. The summed E-state index contributed by atoms with van der Waals surface area (Å²) in [5.41, 5.74) is -1.49. The van der Waals surface area contributed by atoms with Gasteiger partial charge in [-0.25, -0.2) is 8.42 Å². The lowest BCUT2D eigenvalue weighted by atomic mass is 10.1. The van der Waals surface area contributed by atoms with Crippen LogP contribution in [0.5, 0.6) is 0 Å². The van der Waals surface area contributed by atoms with Gasteiger partial charge in [0.25, 0.3) is 15.9 Å². The summed E-state index contributed by atoms with van der Waals surface area (Å²) in [6, 6.07) is 15.1. The Kier molecular flexibility index (Phi) is 9.95. The third kappa shape index (κ3) is 7.71. The molecule has 39 heavy (non-hydrogen) atoms. The van der Waals surface area contributed by atoms with Crippen molar-refractivity contribution in [3.63, 3.8) is 0 Å². The molecule has 0 fully saturated rings. The highest BCUT2D eigenvalue weighted by molar-refractivity contribution is 7.92. The molecule has 13 heteroatoms. The van der Waals surface area contributed by atoms with Gasteiger partial charge in [-0.2, -0.15) is 13.2 Å². The lowest BCUT2D eigenvalue weighted by Crippen LogP contribution is -2.38. The smallest absolute Gasteiger partial charge is 0.385 e. The molecular weight excluding hydrogens is 559 g/mol. The molecule has 2 amide bonds. The van der Waals surface area contributed by atoms with Crippen molar-refractivity contribution in [3.8, 4) is 0 Å². The van der Waals surface area contributed by atoms with Crippen molar-refractivity contribution in [3.05, 3.63) is 88.9 Å². The number of sulfonamides is 1. The van der Waals surface area contributed by atoms with Gasteiger partial charge in [-0.05, 0) is 48.9 Å². The van der Waals surface area contributed by atoms with Crippen LogP contribution < -0.4 is 14.9 Å². The molecule has 0 saturated carbocycles. The number of anilines is 2. The van der Waals surface area contributed by atoms with E-state index in [4.69, 9.17) is 16.3 Å². The Bertz CT molecular complexity index is 1420. The van der Waals surface area contributed by atoms with Crippen LogP contribution in [0.15, 0.2) is 77.7 Å². The number of methoxy groups -OCH3 is 1. The minimum atomic E-state index is -4.79. The molecule has 0 bridgehead atoms. The lowest BCUT2D eigenvalue weighted by Gasteiger charge is -2.26. The first-order chi connectivity index (χ1) is 18.4. The minimum Gasteiger partial charge on any atom is -0.385 e. The Morgan fingerprint density at radius 1 is 1.00 bits per heavy atom. The van der Waals surface area contributed by atoms with E-state index in [0.717, 1.165) is 6.07 Å². The average Bonchev–Trinajstić information content (AvgIpc) is 2.90. The Morgan fingerprint density at radius 3 is 2.33 bits per heavy atom. The predicted molar refractivity (Wildman–Crippen MR) is 141 cm³/mol. The maximum absolute atomic E-state index is 13.5. The first kappa shape index (κ1) is 29.9. The molecule has 0 aliphatic heterocycles. The number of benzene rings is 3. The van der Waals surface area contributed by atoms with E-state index in [9.17, 15) is 31.2 Å². The van der Waals surface area contributed by atoms with Crippen molar-refractivity contribution in [2.75, 3.05) is 36.4 Å². The summed E-state index contributed by atoms with van der Waals surface area (Å²) in [5, 5.41) is 4.86. The van der Waals surface area contributed by atoms with Crippen LogP contribution in [-0.4, -0.2) is 47.0 Å². The largest absolute Gasteiger partial charge is 0.416 e. The van der Waals surface area contributed by atoms with Gasteiger partial charge in [-0.3, -0.25) is 13.9 Å². The Labute approximate surface area is 228 Å². The van der Waals surface area contributed by atoms with Crippen molar-refractivity contribution in [1.29, 1.82) is 0 Å². The molecule has 3 aromatic carbocycles. The lowest BCUT2D eigenvalue weighted by molar-refractivity contribution is -0.137. The van der Waals surface area contributed by atoms with Gasteiger partial charge in [0.15, 0.2) is 0 Å². The fourth-order valence-corrected chi connectivity index (χ4v) is 5.25. The quantitative estimate of drug-likeness (QED) is 0.311. The van der Waals surface area contributed by atoms with Gasteiger partial charge in [-0.15, -0.1) is 0 Å². The Hall–Kier alpha value is -3.61. The zero-order valence-electron chi connectivity index (χ0n) is 20.7. The number of ether oxygens (including phenoxy) is 1. The van der Waals surface area contributed by atoms with Crippen molar-refractivity contribution in [1.82, 2.24) is 5.32 Å². The van der Waals surface area contributed by atoms with Crippen molar-refractivity contribution in [2.45, 2.75) is 17.5 Å². The van der Waals surface area contributed by atoms with Crippen LogP contribution in [0.2, 0.25) is 5.02 Å². The van der Waals surface area contributed by atoms with E-state index < -0.39 is 45.8 Å². The topological polar surface area (TPSA) is 105 Å². The SMILES string of the molecule is COCCCNC(=O)c1ccccc1NC(=O)CN(c1cc(C(F)(F)F)ccc1Cl)S(=O)(=O)c1ccccc1. The molecule has 0 aliphatic rings. The molecule has 208 valence electrons. The van der Waals surface area contributed by atoms with E-state index in [1.54, 1.807) is 18.2 Å².